The molecule has 0 aliphatic carbocycles. The Morgan fingerprint density at radius 1 is 1.21 bits per heavy atom. The maximum atomic E-state index is 11.6. The Kier molecular flexibility index (Phi) is 6.31. The number of rotatable bonds is 7. The molecule has 0 saturated carbocycles. The van der Waals surface area contributed by atoms with Crippen molar-refractivity contribution in [2.24, 2.45) is 11.0 Å². The Hall–Kier alpha value is -2.86. The average molecular weight is 382 g/mol. The first-order valence-corrected chi connectivity index (χ1v) is 9.52. The highest BCUT2D eigenvalue weighted by Crippen LogP contribution is 2.28. The number of benzene rings is 2. The van der Waals surface area contributed by atoms with Gasteiger partial charge in [0.05, 0.1) is 12.5 Å². The summed E-state index contributed by atoms with van der Waals surface area (Å²) in [5.41, 5.74) is 2.59. The van der Waals surface area contributed by atoms with Gasteiger partial charge in [-0.15, -0.1) is 5.10 Å². The number of aliphatic hydroxyl groups excluding tert-OH is 1. The van der Waals surface area contributed by atoms with Crippen molar-refractivity contribution in [1.29, 1.82) is 0 Å². The SMILES string of the molecule is CCC(C)C(C(=O)O)c1ccc(CN2N=C(c3ccccc3)OCC2O)cc1. The topological polar surface area (TPSA) is 82.4 Å². The van der Waals surface area contributed by atoms with Gasteiger partial charge in [-0.1, -0.05) is 62.7 Å². The van der Waals surface area contributed by atoms with E-state index in [1.54, 1.807) is 5.01 Å². The number of ether oxygens (including phenoxy) is 1. The number of carboxylic acid groups (broad SMARTS) is 1. The third kappa shape index (κ3) is 4.51. The van der Waals surface area contributed by atoms with Crippen molar-refractivity contribution >= 4 is 11.9 Å². The van der Waals surface area contributed by atoms with Gasteiger partial charge in [0.2, 0.25) is 5.90 Å². The number of nitrogens with zero attached hydrogens (tertiary/aromatic N) is 2. The van der Waals surface area contributed by atoms with E-state index in [1.165, 1.54) is 0 Å². The highest BCUT2D eigenvalue weighted by Gasteiger charge is 2.26. The molecule has 0 aromatic heterocycles. The molecule has 1 heterocycles. The monoisotopic (exact) mass is 382 g/mol. The van der Waals surface area contributed by atoms with Crippen LogP contribution in [0, 0.1) is 5.92 Å². The molecule has 0 radical (unpaired) electrons. The smallest absolute Gasteiger partial charge is 0.311 e. The Bertz CT molecular complexity index is 820. The summed E-state index contributed by atoms with van der Waals surface area (Å²) in [4.78, 5) is 11.6. The highest BCUT2D eigenvalue weighted by molar-refractivity contribution is 5.94. The Balaban J connectivity index is 1.76. The number of aliphatic hydroxyl groups is 1. The number of hydrogen-bond acceptors (Lipinski definition) is 5. The van der Waals surface area contributed by atoms with Gasteiger partial charge in [0.1, 0.15) is 6.61 Å². The van der Waals surface area contributed by atoms with Crippen LogP contribution in [0.15, 0.2) is 59.7 Å². The van der Waals surface area contributed by atoms with Crippen LogP contribution in [0.1, 0.15) is 42.9 Å². The second kappa shape index (κ2) is 8.89. The summed E-state index contributed by atoms with van der Waals surface area (Å²) >= 11 is 0. The minimum Gasteiger partial charge on any atom is -0.481 e. The molecule has 2 aromatic carbocycles. The Morgan fingerprint density at radius 3 is 2.50 bits per heavy atom. The molecule has 0 fully saturated rings. The van der Waals surface area contributed by atoms with E-state index in [4.69, 9.17) is 4.74 Å². The van der Waals surface area contributed by atoms with Crippen molar-refractivity contribution in [3.63, 3.8) is 0 Å². The first-order chi connectivity index (χ1) is 13.5. The fourth-order valence-electron chi connectivity index (χ4n) is 3.28. The summed E-state index contributed by atoms with van der Waals surface area (Å²) in [6.07, 6.45) is -0.0330. The van der Waals surface area contributed by atoms with Crippen LogP contribution in [0.2, 0.25) is 0 Å². The maximum Gasteiger partial charge on any atom is 0.311 e. The summed E-state index contributed by atoms with van der Waals surface area (Å²) in [7, 11) is 0. The molecule has 148 valence electrons. The number of carbonyl (C=O) groups is 1. The van der Waals surface area contributed by atoms with E-state index in [2.05, 4.69) is 5.10 Å². The number of hydrazone groups is 1. The maximum absolute atomic E-state index is 11.6. The first kappa shape index (κ1) is 19.9. The van der Waals surface area contributed by atoms with E-state index < -0.39 is 18.1 Å². The van der Waals surface area contributed by atoms with Crippen LogP contribution in [0.3, 0.4) is 0 Å². The molecule has 0 amide bonds. The van der Waals surface area contributed by atoms with Gasteiger partial charge in [-0.25, -0.2) is 0 Å². The molecule has 6 nitrogen and oxygen atoms in total. The molecular weight excluding hydrogens is 356 g/mol. The van der Waals surface area contributed by atoms with Gasteiger partial charge in [-0.05, 0) is 29.2 Å². The van der Waals surface area contributed by atoms with Gasteiger partial charge in [-0.3, -0.25) is 9.80 Å². The van der Waals surface area contributed by atoms with Crippen LogP contribution in [-0.4, -0.2) is 39.9 Å². The molecule has 0 saturated heterocycles. The van der Waals surface area contributed by atoms with Crippen LogP contribution in [0.25, 0.3) is 0 Å². The number of carboxylic acids is 1. The van der Waals surface area contributed by atoms with Crippen molar-refractivity contribution in [2.75, 3.05) is 6.61 Å². The average Bonchev–Trinajstić information content (AvgIpc) is 2.71. The van der Waals surface area contributed by atoms with E-state index in [0.29, 0.717) is 12.4 Å². The van der Waals surface area contributed by atoms with Crippen LogP contribution in [0.5, 0.6) is 0 Å². The summed E-state index contributed by atoms with van der Waals surface area (Å²) in [5, 5.41) is 25.8. The predicted molar refractivity (Wildman–Crippen MR) is 107 cm³/mol. The van der Waals surface area contributed by atoms with Gasteiger partial charge in [0.25, 0.3) is 0 Å². The first-order valence-electron chi connectivity index (χ1n) is 9.52. The lowest BCUT2D eigenvalue weighted by Crippen LogP contribution is -2.40. The van der Waals surface area contributed by atoms with Crippen LogP contribution in [-0.2, 0) is 16.1 Å². The van der Waals surface area contributed by atoms with Crippen LogP contribution >= 0.6 is 0 Å². The predicted octanol–water partition coefficient (Wildman–Crippen LogP) is 3.41. The summed E-state index contributed by atoms with van der Waals surface area (Å²) in [5.74, 6) is -0.786. The fraction of sp³-hybridized carbons (Fsp3) is 0.364. The highest BCUT2D eigenvalue weighted by atomic mass is 16.5. The van der Waals surface area contributed by atoms with Gasteiger partial charge in [0.15, 0.2) is 6.23 Å². The van der Waals surface area contributed by atoms with Crippen molar-refractivity contribution in [2.45, 2.75) is 39.0 Å². The lowest BCUT2D eigenvalue weighted by Gasteiger charge is -2.30. The minimum absolute atomic E-state index is 0.0578. The molecule has 3 rings (SSSR count). The van der Waals surface area contributed by atoms with Crippen LogP contribution in [0.4, 0.5) is 0 Å². The standard InChI is InChI=1S/C22H26N2O4/c1-3-15(2)20(22(26)27)17-11-9-16(10-12-17)13-24-19(25)14-28-21(23-24)18-7-5-4-6-8-18/h4-12,15,19-20,25H,3,13-14H2,1-2H3,(H,26,27). The Labute approximate surface area is 165 Å². The van der Waals surface area contributed by atoms with Gasteiger partial charge in [0, 0.05) is 5.56 Å². The van der Waals surface area contributed by atoms with Crippen LogP contribution < -0.4 is 0 Å². The third-order valence-corrected chi connectivity index (χ3v) is 5.12. The molecule has 3 unspecified atom stereocenters. The van der Waals surface area contributed by atoms with Gasteiger partial charge in [-0.2, -0.15) is 0 Å². The fourth-order valence-corrected chi connectivity index (χ4v) is 3.28. The minimum atomic E-state index is -0.834. The summed E-state index contributed by atoms with van der Waals surface area (Å²) < 4.78 is 5.55. The molecule has 3 atom stereocenters. The number of aliphatic carboxylic acids is 1. The van der Waals surface area contributed by atoms with E-state index >= 15 is 0 Å². The van der Waals surface area contributed by atoms with Crippen molar-refractivity contribution < 1.29 is 19.7 Å². The third-order valence-electron chi connectivity index (χ3n) is 5.12. The molecule has 2 N–H and O–H groups in total. The van der Waals surface area contributed by atoms with E-state index in [9.17, 15) is 15.0 Å². The summed E-state index contributed by atoms with van der Waals surface area (Å²) in [6, 6.07) is 17.1. The molecule has 1 aliphatic heterocycles. The lowest BCUT2D eigenvalue weighted by atomic mass is 9.85. The molecule has 6 heteroatoms. The second-order valence-corrected chi connectivity index (χ2v) is 7.10. The van der Waals surface area contributed by atoms with Crippen molar-refractivity contribution in [3.8, 4) is 0 Å². The lowest BCUT2D eigenvalue weighted by molar-refractivity contribution is -0.140. The summed E-state index contributed by atoms with van der Waals surface area (Å²) in [6.45, 7) is 4.50. The molecule has 28 heavy (non-hydrogen) atoms. The normalized spacial score (nSPS) is 18.8. The molecule has 2 aromatic rings. The molecular formula is C22H26N2O4. The number of hydrogen-bond donors (Lipinski definition) is 2. The quantitative estimate of drug-likeness (QED) is 0.767. The Morgan fingerprint density at radius 2 is 1.89 bits per heavy atom. The van der Waals surface area contributed by atoms with E-state index in [1.807, 2.05) is 68.4 Å². The van der Waals surface area contributed by atoms with Gasteiger partial charge >= 0.3 is 5.97 Å². The van der Waals surface area contributed by atoms with Crippen molar-refractivity contribution in [1.82, 2.24) is 5.01 Å². The molecule has 0 spiro atoms. The zero-order valence-corrected chi connectivity index (χ0v) is 16.2. The van der Waals surface area contributed by atoms with Gasteiger partial charge < -0.3 is 14.9 Å². The molecule has 1 aliphatic rings. The van der Waals surface area contributed by atoms with E-state index in [-0.39, 0.29) is 12.5 Å². The molecule has 0 bridgehead atoms. The largest absolute Gasteiger partial charge is 0.481 e. The van der Waals surface area contributed by atoms with E-state index in [0.717, 1.165) is 23.1 Å². The zero-order valence-electron chi connectivity index (χ0n) is 16.2. The zero-order chi connectivity index (χ0) is 20.1. The van der Waals surface area contributed by atoms with Crippen molar-refractivity contribution in [3.05, 3.63) is 71.3 Å². The second-order valence-electron chi connectivity index (χ2n) is 7.10.